The minimum absolute atomic E-state index is 0.269. The van der Waals surface area contributed by atoms with Gasteiger partial charge in [-0.3, -0.25) is 0 Å². The third kappa shape index (κ3) is 2.45. The van der Waals surface area contributed by atoms with Gasteiger partial charge in [0, 0.05) is 23.9 Å². The monoisotopic (exact) mass is 278 g/mol. The van der Waals surface area contributed by atoms with E-state index in [-0.39, 0.29) is 5.69 Å². The molecule has 0 spiro atoms. The maximum atomic E-state index is 13.1. The first kappa shape index (κ1) is 12.5. The summed E-state index contributed by atoms with van der Waals surface area (Å²) in [5.74, 6) is -0.221. The summed E-state index contributed by atoms with van der Waals surface area (Å²) in [6, 6.07) is 6.43. The number of ether oxygens (including phenoxy) is 2. The van der Waals surface area contributed by atoms with Crippen LogP contribution in [0.2, 0.25) is 0 Å². The standard InChI is InChI=1S/C14H12F2N2O2/c15-8-3-9(16)5-10(4-8)18-12-7-14-13(6-11(12)17)19-1-2-20-14/h3-7,18H,1-2,17H2. The van der Waals surface area contributed by atoms with Gasteiger partial charge in [-0.25, -0.2) is 8.78 Å². The lowest BCUT2D eigenvalue weighted by Gasteiger charge is -2.20. The molecule has 6 heteroatoms. The number of fused-ring (bicyclic) bond motifs is 1. The molecule has 0 fully saturated rings. The molecular formula is C14H12F2N2O2. The average Bonchev–Trinajstić information content (AvgIpc) is 2.38. The first-order chi connectivity index (χ1) is 9.61. The van der Waals surface area contributed by atoms with Gasteiger partial charge in [-0.2, -0.15) is 0 Å². The summed E-state index contributed by atoms with van der Waals surface area (Å²) in [6.45, 7) is 0.916. The summed E-state index contributed by atoms with van der Waals surface area (Å²) < 4.78 is 37.1. The van der Waals surface area contributed by atoms with Crippen LogP contribution in [0.1, 0.15) is 0 Å². The molecule has 1 aliphatic rings. The van der Waals surface area contributed by atoms with Crippen molar-refractivity contribution in [2.75, 3.05) is 24.3 Å². The molecule has 0 unspecified atom stereocenters. The van der Waals surface area contributed by atoms with E-state index in [4.69, 9.17) is 15.2 Å². The molecule has 1 heterocycles. The Morgan fingerprint density at radius 2 is 1.50 bits per heavy atom. The highest BCUT2D eigenvalue weighted by Gasteiger charge is 2.15. The van der Waals surface area contributed by atoms with Gasteiger partial charge in [-0.15, -0.1) is 0 Å². The largest absolute Gasteiger partial charge is 0.486 e. The van der Waals surface area contributed by atoms with Crippen molar-refractivity contribution in [3.8, 4) is 11.5 Å². The molecule has 0 radical (unpaired) electrons. The Bertz CT molecular complexity index is 642. The number of hydrogen-bond acceptors (Lipinski definition) is 4. The highest BCUT2D eigenvalue weighted by atomic mass is 19.1. The van der Waals surface area contributed by atoms with Gasteiger partial charge >= 0.3 is 0 Å². The second-order valence-electron chi connectivity index (χ2n) is 4.37. The number of hydrogen-bond donors (Lipinski definition) is 2. The molecule has 0 aromatic heterocycles. The molecule has 0 bridgehead atoms. The molecule has 3 N–H and O–H groups in total. The van der Waals surface area contributed by atoms with Gasteiger partial charge in [0.2, 0.25) is 0 Å². The quantitative estimate of drug-likeness (QED) is 0.829. The Kier molecular flexibility index (Phi) is 3.06. The fourth-order valence-corrected chi connectivity index (χ4v) is 1.99. The third-order valence-corrected chi connectivity index (χ3v) is 2.86. The zero-order chi connectivity index (χ0) is 14.1. The van der Waals surface area contributed by atoms with Crippen LogP contribution in [0.5, 0.6) is 11.5 Å². The van der Waals surface area contributed by atoms with E-state index < -0.39 is 11.6 Å². The van der Waals surface area contributed by atoms with E-state index in [0.717, 1.165) is 6.07 Å². The van der Waals surface area contributed by atoms with Crippen LogP contribution < -0.4 is 20.5 Å². The van der Waals surface area contributed by atoms with Gasteiger partial charge in [0.1, 0.15) is 24.8 Å². The molecule has 0 amide bonds. The fourth-order valence-electron chi connectivity index (χ4n) is 1.99. The normalized spacial score (nSPS) is 13.1. The molecule has 0 saturated heterocycles. The van der Waals surface area contributed by atoms with Gasteiger partial charge in [-0.1, -0.05) is 0 Å². The highest BCUT2D eigenvalue weighted by Crippen LogP contribution is 2.38. The van der Waals surface area contributed by atoms with E-state index in [2.05, 4.69) is 5.32 Å². The minimum atomic E-state index is -0.663. The molecule has 4 nitrogen and oxygen atoms in total. The topological polar surface area (TPSA) is 56.5 Å². The van der Waals surface area contributed by atoms with Crippen LogP contribution in [0, 0.1) is 11.6 Å². The van der Waals surface area contributed by atoms with Crippen molar-refractivity contribution in [1.29, 1.82) is 0 Å². The molecule has 1 aliphatic heterocycles. The van der Waals surface area contributed by atoms with E-state index in [1.54, 1.807) is 12.1 Å². The number of halogens is 2. The molecule has 3 rings (SSSR count). The van der Waals surface area contributed by atoms with E-state index in [1.807, 2.05) is 0 Å². The van der Waals surface area contributed by atoms with Crippen molar-refractivity contribution in [1.82, 2.24) is 0 Å². The fraction of sp³-hybridized carbons (Fsp3) is 0.143. The number of anilines is 3. The first-order valence-electron chi connectivity index (χ1n) is 6.04. The van der Waals surface area contributed by atoms with Gasteiger partial charge in [0.05, 0.1) is 11.4 Å². The number of rotatable bonds is 2. The van der Waals surface area contributed by atoms with Crippen LogP contribution in [-0.4, -0.2) is 13.2 Å². The number of nitrogens with one attached hydrogen (secondary N) is 1. The predicted molar refractivity (Wildman–Crippen MR) is 71.5 cm³/mol. The van der Waals surface area contributed by atoms with Crippen molar-refractivity contribution < 1.29 is 18.3 Å². The molecule has 20 heavy (non-hydrogen) atoms. The molecule has 104 valence electrons. The van der Waals surface area contributed by atoms with Crippen LogP contribution in [0.4, 0.5) is 25.8 Å². The Labute approximate surface area is 114 Å². The summed E-state index contributed by atoms with van der Waals surface area (Å²) in [7, 11) is 0. The SMILES string of the molecule is Nc1cc2c(cc1Nc1cc(F)cc(F)c1)OCCO2. The lowest BCUT2D eigenvalue weighted by atomic mass is 10.2. The van der Waals surface area contributed by atoms with Crippen molar-refractivity contribution in [3.63, 3.8) is 0 Å². The second kappa shape index (κ2) is 4.88. The van der Waals surface area contributed by atoms with Gasteiger partial charge in [0.15, 0.2) is 11.5 Å². The number of nitrogen functional groups attached to an aromatic ring is 1. The van der Waals surface area contributed by atoms with Gasteiger partial charge in [-0.05, 0) is 12.1 Å². The van der Waals surface area contributed by atoms with Crippen molar-refractivity contribution >= 4 is 17.1 Å². The van der Waals surface area contributed by atoms with E-state index in [9.17, 15) is 8.78 Å². The molecular weight excluding hydrogens is 266 g/mol. The molecule has 0 atom stereocenters. The Hall–Kier alpha value is -2.50. The van der Waals surface area contributed by atoms with Crippen LogP contribution >= 0.6 is 0 Å². The zero-order valence-corrected chi connectivity index (χ0v) is 10.5. The van der Waals surface area contributed by atoms with Crippen molar-refractivity contribution in [3.05, 3.63) is 42.0 Å². The van der Waals surface area contributed by atoms with E-state index in [0.29, 0.717) is 36.1 Å². The zero-order valence-electron chi connectivity index (χ0n) is 10.5. The average molecular weight is 278 g/mol. The van der Waals surface area contributed by atoms with Crippen LogP contribution in [-0.2, 0) is 0 Å². The Balaban J connectivity index is 1.94. The minimum Gasteiger partial charge on any atom is -0.486 e. The molecule has 2 aromatic carbocycles. The van der Waals surface area contributed by atoms with Crippen LogP contribution in [0.15, 0.2) is 30.3 Å². The van der Waals surface area contributed by atoms with E-state index >= 15 is 0 Å². The van der Waals surface area contributed by atoms with Crippen molar-refractivity contribution in [2.45, 2.75) is 0 Å². The highest BCUT2D eigenvalue weighted by molar-refractivity contribution is 5.76. The summed E-state index contributed by atoms with van der Waals surface area (Å²) in [5.41, 5.74) is 7.05. The number of nitrogens with two attached hydrogens (primary N) is 1. The maximum absolute atomic E-state index is 13.1. The maximum Gasteiger partial charge on any atom is 0.163 e. The lowest BCUT2D eigenvalue weighted by molar-refractivity contribution is 0.172. The summed E-state index contributed by atoms with van der Waals surface area (Å²) in [4.78, 5) is 0. The smallest absolute Gasteiger partial charge is 0.163 e. The molecule has 0 saturated carbocycles. The van der Waals surface area contributed by atoms with Gasteiger partial charge < -0.3 is 20.5 Å². The summed E-state index contributed by atoms with van der Waals surface area (Å²) in [5, 5.41) is 2.86. The van der Waals surface area contributed by atoms with Crippen LogP contribution in [0.3, 0.4) is 0 Å². The summed E-state index contributed by atoms with van der Waals surface area (Å²) in [6.07, 6.45) is 0. The predicted octanol–water partition coefficient (Wildman–Crippen LogP) is 3.06. The Morgan fingerprint density at radius 1 is 0.900 bits per heavy atom. The second-order valence-corrected chi connectivity index (χ2v) is 4.37. The van der Waals surface area contributed by atoms with E-state index in [1.165, 1.54) is 12.1 Å². The third-order valence-electron chi connectivity index (χ3n) is 2.86. The lowest BCUT2D eigenvalue weighted by Crippen LogP contribution is -2.15. The first-order valence-corrected chi connectivity index (χ1v) is 6.04. The number of benzene rings is 2. The summed E-state index contributed by atoms with van der Waals surface area (Å²) >= 11 is 0. The van der Waals surface area contributed by atoms with Crippen LogP contribution in [0.25, 0.3) is 0 Å². The Morgan fingerprint density at radius 3 is 2.15 bits per heavy atom. The molecule has 2 aromatic rings. The van der Waals surface area contributed by atoms with Crippen molar-refractivity contribution in [2.24, 2.45) is 0 Å². The molecule has 0 aliphatic carbocycles. The van der Waals surface area contributed by atoms with Gasteiger partial charge in [0.25, 0.3) is 0 Å².